The van der Waals surface area contributed by atoms with Crippen LogP contribution in [0.4, 0.5) is 0 Å². The lowest BCUT2D eigenvalue weighted by Gasteiger charge is -2.20. The van der Waals surface area contributed by atoms with Crippen LogP contribution in [0, 0.1) is 0 Å². The molecule has 0 unspecified atom stereocenters. The number of carbonyl (C=O) groups is 2. The lowest BCUT2D eigenvalue weighted by Crippen LogP contribution is -2.29. The van der Waals surface area contributed by atoms with Crippen molar-refractivity contribution in [2.45, 2.75) is 58.5 Å². The first-order valence-electron chi connectivity index (χ1n) is 17.1. The molecule has 1 aromatic heterocycles. The van der Waals surface area contributed by atoms with Gasteiger partial charge in [0, 0.05) is 29.1 Å². The van der Waals surface area contributed by atoms with Gasteiger partial charge < -0.3 is 23.8 Å². The van der Waals surface area contributed by atoms with Gasteiger partial charge in [-0.1, -0.05) is 30.3 Å². The molecule has 48 heavy (non-hydrogen) atoms. The van der Waals surface area contributed by atoms with E-state index in [4.69, 9.17) is 18.9 Å². The lowest BCUT2D eigenvalue weighted by atomic mass is 9.98. The van der Waals surface area contributed by atoms with Crippen LogP contribution in [0.3, 0.4) is 0 Å². The third-order valence-electron chi connectivity index (χ3n) is 8.64. The fourth-order valence-electron chi connectivity index (χ4n) is 6.31. The molecule has 9 heteroatoms. The number of hydrogen-bond donors (Lipinski definition) is 0. The molecule has 1 amide bonds. The Morgan fingerprint density at radius 2 is 1.60 bits per heavy atom. The third-order valence-corrected chi connectivity index (χ3v) is 9.90. The number of ether oxygens (including phenoxy) is 4. The van der Waals surface area contributed by atoms with E-state index in [0.717, 1.165) is 55.2 Å². The second-order valence-corrected chi connectivity index (χ2v) is 14.5. The predicted octanol–water partition coefficient (Wildman–Crippen LogP) is 7.36. The maximum atomic E-state index is 12.6. The number of nitrogens with zero attached hydrogens (tertiary/aromatic N) is 2. The van der Waals surface area contributed by atoms with E-state index < -0.39 is 11.6 Å². The highest BCUT2D eigenvalue weighted by Crippen LogP contribution is 2.42. The molecular weight excluding hydrogens is 625 g/mol. The minimum atomic E-state index is -0.596. The van der Waals surface area contributed by atoms with Crippen LogP contribution < -0.4 is 14.2 Å². The minimum absolute atomic E-state index is 0.203. The highest BCUT2D eigenvalue weighted by atomic mass is 32.1. The van der Waals surface area contributed by atoms with Crippen LogP contribution in [-0.4, -0.2) is 79.8 Å². The predicted molar refractivity (Wildman–Crippen MR) is 190 cm³/mol. The van der Waals surface area contributed by atoms with Crippen molar-refractivity contribution in [1.29, 1.82) is 0 Å². The van der Waals surface area contributed by atoms with E-state index in [1.54, 1.807) is 11.3 Å². The molecular formula is C39H46N2O6S. The van der Waals surface area contributed by atoms with E-state index in [2.05, 4.69) is 47.4 Å². The Kier molecular flexibility index (Phi) is 10.9. The lowest BCUT2D eigenvalue weighted by molar-refractivity contribution is -0.157. The first-order valence-corrected chi connectivity index (χ1v) is 17.9. The van der Waals surface area contributed by atoms with Crippen molar-refractivity contribution in [2.75, 3.05) is 52.5 Å². The molecule has 0 N–H and O–H groups in total. The molecule has 0 atom stereocenters. The Morgan fingerprint density at radius 1 is 0.833 bits per heavy atom. The van der Waals surface area contributed by atoms with Gasteiger partial charge in [-0.3, -0.25) is 9.69 Å². The fourth-order valence-corrected chi connectivity index (χ4v) is 7.53. The van der Waals surface area contributed by atoms with Gasteiger partial charge in [-0.15, -0.1) is 11.3 Å². The Labute approximate surface area is 287 Å². The molecule has 254 valence electrons. The first-order chi connectivity index (χ1) is 23.2. The summed E-state index contributed by atoms with van der Waals surface area (Å²) < 4.78 is 25.0. The second-order valence-electron chi connectivity index (χ2n) is 13.5. The number of likely N-dealkylation sites (tertiary alicyclic amines) is 2. The van der Waals surface area contributed by atoms with Crippen molar-refractivity contribution in [3.05, 3.63) is 77.9 Å². The molecule has 0 aliphatic carbocycles. The van der Waals surface area contributed by atoms with Crippen LogP contribution in [0.1, 0.15) is 57.6 Å². The smallest absolute Gasteiger partial charge is 0.344 e. The van der Waals surface area contributed by atoms with Crippen LogP contribution in [-0.2, 0) is 20.7 Å². The van der Waals surface area contributed by atoms with Gasteiger partial charge in [-0.25, -0.2) is 4.79 Å². The fraction of sp³-hybridized carbons (Fsp3) is 0.436. The molecule has 0 saturated carbocycles. The second kappa shape index (κ2) is 15.4. The molecule has 6 rings (SSSR count). The molecule has 4 aromatic rings. The average Bonchev–Trinajstić information content (AvgIpc) is 3.82. The highest BCUT2D eigenvalue weighted by molar-refractivity contribution is 7.22. The standard InChI is InChI=1S/C39H46N2O6S/c1-39(2,3)47-37(43)27-46-34-26-29(14-17-33(34)45-23-21-40-18-6-7-19-40)38-32(31-9-4-5-10-35(31)48-38)25-28-12-15-30(16-13-28)44-24-22-41-20-8-11-36(41)42/h4-5,9-10,12-17,26H,6-8,11,18-25,27H2,1-3H3. The van der Waals surface area contributed by atoms with Crippen molar-refractivity contribution < 1.29 is 28.5 Å². The number of fused-ring (bicyclic) bond motifs is 1. The van der Waals surface area contributed by atoms with E-state index >= 15 is 0 Å². The first kappa shape index (κ1) is 33.8. The Morgan fingerprint density at radius 3 is 2.35 bits per heavy atom. The Bertz CT molecular complexity index is 1700. The molecule has 0 radical (unpaired) electrons. The molecule has 2 aliphatic heterocycles. The third kappa shape index (κ3) is 8.88. The summed E-state index contributed by atoms with van der Waals surface area (Å²) in [7, 11) is 0. The number of rotatable bonds is 14. The van der Waals surface area contributed by atoms with Gasteiger partial charge in [0.2, 0.25) is 5.91 Å². The van der Waals surface area contributed by atoms with Gasteiger partial charge in [-0.2, -0.15) is 0 Å². The monoisotopic (exact) mass is 670 g/mol. The van der Waals surface area contributed by atoms with Crippen molar-refractivity contribution >= 4 is 33.3 Å². The summed E-state index contributed by atoms with van der Waals surface area (Å²) in [6.07, 6.45) is 4.78. The van der Waals surface area contributed by atoms with Gasteiger partial charge in [0.1, 0.15) is 24.6 Å². The zero-order valence-electron chi connectivity index (χ0n) is 28.3. The van der Waals surface area contributed by atoms with E-state index in [1.807, 2.05) is 49.9 Å². The number of amides is 1. The summed E-state index contributed by atoms with van der Waals surface area (Å²) in [5.41, 5.74) is 2.82. The maximum absolute atomic E-state index is 12.6. The largest absolute Gasteiger partial charge is 0.492 e. The number of benzene rings is 3. The van der Waals surface area contributed by atoms with Gasteiger partial charge in [-0.05, 0) is 118 Å². The molecule has 2 fully saturated rings. The normalized spacial score (nSPS) is 15.3. The summed E-state index contributed by atoms with van der Waals surface area (Å²) >= 11 is 1.75. The van der Waals surface area contributed by atoms with Crippen molar-refractivity contribution in [1.82, 2.24) is 9.80 Å². The molecule has 0 spiro atoms. The molecule has 3 heterocycles. The van der Waals surface area contributed by atoms with Crippen molar-refractivity contribution in [3.8, 4) is 27.7 Å². The summed E-state index contributed by atoms with van der Waals surface area (Å²) in [6, 6.07) is 22.8. The van der Waals surface area contributed by atoms with E-state index in [9.17, 15) is 9.59 Å². The van der Waals surface area contributed by atoms with Crippen LogP contribution in [0.15, 0.2) is 66.7 Å². The van der Waals surface area contributed by atoms with Gasteiger partial charge >= 0.3 is 5.97 Å². The summed E-state index contributed by atoms with van der Waals surface area (Å²) in [6.45, 7) is 10.9. The topological polar surface area (TPSA) is 77.5 Å². The molecule has 2 aliphatic rings. The molecule has 2 saturated heterocycles. The average molecular weight is 671 g/mol. The van der Waals surface area contributed by atoms with E-state index in [0.29, 0.717) is 37.7 Å². The van der Waals surface area contributed by atoms with Crippen LogP contribution in [0.5, 0.6) is 17.2 Å². The molecule has 3 aromatic carbocycles. The Hall–Kier alpha value is -4.08. The van der Waals surface area contributed by atoms with E-state index in [-0.39, 0.29) is 12.5 Å². The van der Waals surface area contributed by atoms with Crippen LogP contribution in [0.2, 0.25) is 0 Å². The summed E-state index contributed by atoms with van der Waals surface area (Å²) in [5.74, 6) is 1.74. The number of thiophene rings is 1. The van der Waals surface area contributed by atoms with Crippen LogP contribution in [0.25, 0.3) is 20.5 Å². The Balaban J connectivity index is 1.21. The van der Waals surface area contributed by atoms with Crippen molar-refractivity contribution in [2.24, 2.45) is 0 Å². The highest BCUT2D eigenvalue weighted by Gasteiger charge is 2.21. The van der Waals surface area contributed by atoms with Gasteiger partial charge in [0.25, 0.3) is 0 Å². The zero-order valence-corrected chi connectivity index (χ0v) is 29.1. The zero-order chi connectivity index (χ0) is 33.5. The maximum Gasteiger partial charge on any atom is 0.344 e. The minimum Gasteiger partial charge on any atom is -0.492 e. The molecule has 0 bridgehead atoms. The SMILES string of the molecule is CC(C)(C)OC(=O)COc1cc(-c2sc3ccccc3c2Cc2ccc(OCCN3CCCC3=O)cc2)ccc1OCCN1CCCC1. The summed E-state index contributed by atoms with van der Waals surface area (Å²) in [5, 5.41) is 1.22. The quantitative estimate of drug-likeness (QED) is 0.130. The van der Waals surface area contributed by atoms with E-state index in [1.165, 1.54) is 34.1 Å². The van der Waals surface area contributed by atoms with Gasteiger partial charge in [0.05, 0.1) is 6.54 Å². The summed E-state index contributed by atoms with van der Waals surface area (Å²) in [4.78, 5) is 29.9. The number of carbonyl (C=O) groups excluding carboxylic acids is 2. The number of esters is 1. The van der Waals surface area contributed by atoms with Gasteiger partial charge in [0.15, 0.2) is 18.1 Å². The molecule has 8 nitrogen and oxygen atoms in total. The number of hydrogen-bond acceptors (Lipinski definition) is 8. The van der Waals surface area contributed by atoms with Crippen molar-refractivity contribution in [3.63, 3.8) is 0 Å². The van der Waals surface area contributed by atoms with Crippen LogP contribution >= 0.6 is 11.3 Å².